The molecule has 2 heterocycles. The van der Waals surface area contributed by atoms with Gasteiger partial charge in [0.2, 0.25) is 0 Å². The average Bonchev–Trinajstić information content (AvgIpc) is 3.25. The van der Waals surface area contributed by atoms with E-state index in [0.29, 0.717) is 12.7 Å². The zero-order valence-electron chi connectivity index (χ0n) is 27.4. The van der Waals surface area contributed by atoms with E-state index in [1.165, 1.54) is 58.4 Å². The van der Waals surface area contributed by atoms with Crippen LogP contribution in [0.15, 0.2) is 55.1 Å². The van der Waals surface area contributed by atoms with Crippen molar-refractivity contribution >= 4 is 23.8 Å². The van der Waals surface area contributed by atoms with Crippen molar-refractivity contribution in [1.82, 2.24) is 4.90 Å². The Kier molecular flexibility index (Phi) is 9.00. The molecular weight excluding hydrogens is 655 g/mol. The van der Waals surface area contributed by atoms with E-state index in [1.807, 2.05) is 0 Å². The first-order valence-corrected chi connectivity index (χ1v) is 15.3. The number of alkyl halides is 3. The monoisotopic (exact) mass is 691 g/mol. The first kappa shape index (κ1) is 35.7. The van der Waals surface area contributed by atoms with Crippen LogP contribution in [0.4, 0.5) is 13.2 Å². The van der Waals surface area contributed by atoms with Crippen LogP contribution in [0.1, 0.15) is 37.0 Å². The molecule has 2 aromatic rings. The normalized spacial score (nSPS) is 28.1. The molecule has 3 aliphatic rings. The van der Waals surface area contributed by atoms with E-state index >= 15 is 0 Å². The lowest BCUT2D eigenvalue weighted by Gasteiger charge is -2.67. The van der Waals surface area contributed by atoms with Crippen molar-refractivity contribution in [2.45, 2.75) is 61.8 Å². The van der Waals surface area contributed by atoms with Gasteiger partial charge in [0.1, 0.15) is 22.6 Å². The second kappa shape index (κ2) is 12.4. The van der Waals surface area contributed by atoms with Crippen LogP contribution in [-0.4, -0.2) is 92.3 Å². The van der Waals surface area contributed by atoms with Crippen LogP contribution < -0.4 is 9.47 Å². The van der Waals surface area contributed by atoms with Crippen molar-refractivity contribution in [2.75, 3.05) is 34.5 Å². The number of halogens is 3. The van der Waals surface area contributed by atoms with E-state index in [-0.39, 0.29) is 36.7 Å². The summed E-state index contributed by atoms with van der Waals surface area (Å²) in [5.41, 5.74) is -11.1. The number of hydrogen-bond acceptors (Lipinski definition) is 11. The van der Waals surface area contributed by atoms with Crippen molar-refractivity contribution < 1.29 is 65.9 Å². The Balaban J connectivity index is 1.84. The third-order valence-electron chi connectivity index (χ3n) is 9.75. The number of carbonyl (C=O) groups is 4. The summed E-state index contributed by atoms with van der Waals surface area (Å²) >= 11 is 0. The third kappa shape index (κ3) is 4.50. The predicted molar refractivity (Wildman–Crippen MR) is 162 cm³/mol. The number of esters is 3. The molecule has 2 aromatic carbocycles. The van der Waals surface area contributed by atoms with Crippen LogP contribution in [0.5, 0.6) is 11.5 Å². The Morgan fingerprint density at radius 1 is 1.02 bits per heavy atom. The lowest BCUT2D eigenvalue weighted by molar-refractivity contribution is -0.286. The van der Waals surface area contributed by atoms with Gasteiger partial charge >= 0.3 is 24.1 Å². The number of ether oxygens (including phenoxy) is 6. The summed E-state index contributed by atoms with van der Waals surface area (Å²) in [6.45, 7) is 6.31. The summed E-state index contributed by atoms with van der Waals surface area (Å²) in [7, 11) is 3.33. The van der Waals surface area contributed by atoms with Crippen LogP contribution in [0.3, 0.4) is 0 Å². The predicted octanol–water partition coefficient (Wildman–Crippen LogP) is 3.12. The number of rotatable bonds is 11. The van der Waals surface area contributed by atoms with Gasteiger partial charge in [0.25, 0.3) is 11.5 Å². The molecule has 5 rings (SSSR count). The summed E-state index contributed by atoms with van der Waals surface area (Å²) in [5.74, 6) is -5.17. The quantitative estimate of drug-likeness (QED) is 0.211. The molecule has 0 radical (unpaired) electrons. The van der Waals surface area contributed by atoms with Crippen molar-refractivity contribution in [3.05, 3.63) is 71.8 Å². The van der Waals surface area contributed by atoms with Gasteiger partial charge in [0, 0.05) is 25.5 Å². The number of methoxy groups -OCH3 is 3. The Morgan fingerprint density at radius 2 is 1.63 bits per heavy atom. The van der Waals surface area contributed by atoms with Gasteiger partial charge in [-0.3, -0.25) is 9.59 Å². The number of fused-ring (bicyclic) bond motifs is 1. The highest BCUT2D eigenvalue weighted by Crippen LogP contribution is 2.74. The third-order valence-corrected chi connectivity index (χ3v) is 9.75. The fraction of sp³-hybridized carbons (Fsp3) is 0.471. The molecule has 1 N–H and O–H groups in total. The zero-order valence-corrected chi connectivity index (χ0v) is 27.4. The Hall–Kier alpha value is -4.63. The molecule has 0 aromatic heterocycles. The minimum absolute atomic E-state index is 0.0659. The number of nitrogens with zero attached hydrogens (tertiary/aromatic N) is 1. The van der Waals surface area contributed by atoms with Crippen molar-refractivity contribution in [3.8, 4) is 11.5 Å². The first-order chi connectivity index (χ1) is 23.2. The van der Waals surface area contributed by atoms with Crippen molar-refractivity contribution in [1.29, 1.82) is 0 Å². The van der Waals surface area contributed by atoms with E-state index in [1.54, 1.807) is 0 Å². The molecule has 1 amide bonds. The lowest BCUT2D eigenvalue weighted by Crippen LogP contribution is -2.81. The molecule has 6 atom stereocenters. The molecule has 15 heteroatoms. The Bertz CT molecular complexity index is 1680. The van der Waals surface area contributed by atoms with Gasteiger partial charge in [-0.15, -0.1) is 6.58 Å². The Morgan fingerprint density at radius 3 is 2.16 bits per heavy atom. The fourth-order valence-corrected chi connectivity index (χ4v) is 7.85. The summed E-state index contributed by atoms with van der Waals surface area (Å²) in [5, 5.41) is 12.3. The SMILES string of the molecule is C=C[C@]1(O)C[C@@]2(C(=O)OCC)[C@H](OC(=O)[C@@](OC)(c3ccccc3)C(F)(F)F)C(=O)N3[C@H](C(=O)OCC)Cc4cc(OC)c(OC)cc4[C@]312. The van der Waals surface area contributed by atoms with Crippen LogP contribution >= 0.6 is 0 Å². The summed E-state index contributed by atoms with van der Waals surface area (Å²) in [4.78, 5) is 57.6. The first-order valence-electron chi connectivity index (χ1n) is 15.3. The molecule has 0 bridgehead atoms. The molecule has 2 fully saturated rings. The molecule has 49 heavy (non-hydrogen) atoms. The van der Waals surface area contributed by atoms with E-state index in [4.69, 9.17) is 28.4 Å². The van der Waals surface area contributed by atoms with Crippen LogP contribution in [-0.2, 0) is 55.7 Å². The Labute approximate surface area is 279 Å². The minimum Gasteiger partial charge on any atom is -0.493 e. The van der Waals surface area contributed by atoms with Gasteiger partial charge in [-0.2, -0.15) is 13.2 Å². The maximum atomic E-state index is 15.0. The molecule has 0 unspecified atom stereocenters. The van der Waals surface area contributed by atoms with Gasteiger partial charge in [-0.1, -0.05) is 36.4 Å². The summed E-state index contributed by atoms with van der Waals surface area (Å²) in [6.07, 6.45) is -7.69. The van der Waals surface area contributed by atoms with E-state index < -0.39 is 76.3 Å². The molecule has 1 spiro atoms. The molecule has 1 aliphatic carbocycles. The lowest BCUT2D eigenvalue weighted by atomic mass is 9.42. The average molecular weight is 692 g/mol. The highest BCUT2D eigenvalue weighted by molar-refractivity contribution is 6.03. The fourth-order valence-electron chi connectivity index (χ4n) is 7.85. The van der Waals surface area contributed by atoms with Crippen molar-refractivity contribution in [2.24, 2.45) is 5.41 Å². The number of hydrogen-bond donors (Lipinski definition) is 1. The topological polar surface area (TPSA) is 147 Å². The van der Waals surface area contributed by atoms with Gasteiger partial charge < -0.3 is 38.4 Å². The molecular formula is C34H36F3NO11. The minimum atomic E-state index is -5.44. The van der Waals surface area contributed by atoms with E-state index in [9.17, 15) is 37.5 Å². The number of benzene rings is 2. The summed E-state index contributed by atoms with van der Waals surface area (Å²) in [6, 6.07) is 7.22. The highest BCUT2D eigenvalue weighted by atomic mass is 19.4. The second-order valence-corrected chi connectivity index (χ2v) is 11.8. The second-order valence-electron chi connectivity index (χ2n) is 11.8. The maximum Gasteiger partial charge on any atom is 0.432 e. The molecule has 1 saturated carbocycles. The number of amides is 1. The standard InChI is InChI=1S/C34H36F3NO11/c1-7-30(43)18-31(28(41)48-9-3)25(49-29(42)32(46-6,34(35,36)37)20-13-11-10-12-14-20)26(39)38-22(27(40)47-8-2)15-19-16-23(44-4)24(45-5)17-21(19)33(30,31)38/h7,10-14,16-17,22,25,43H,1,8-9,15,18H2,2-6H3/t22-,25+,30-,31-,32-,33-/m0/s1. The van der Waals surface area contributed by atoms with E-state index in [0.717, 1.165) is 23.1 Å². The summed E-state index contributed by atoms with van der Waals surface area (Å²) < 4.78 is 77.1. The molecule has 12 nitrogen and oxygen atoms in total. The van der Waals surface area contributed by atoms with Gasteiger partial charge in [-0.25, -0.2) is 9.59 Å². The molecule has 264 valence electrons. The number of aliphatic hydroxyl groups is 1. The van der Waals surface area contributed by atoms with Crippen molar-refractivity contribution in [3.63, 3.8) is 0 Å². The van der Waals surface area contributed by atoms with Crippen LogP contribution in [0.25, 0.3) is 0 Å². The van der Waals surface area contributed by atoms with Crippen LogP contribution in [0.2, 0.25) is 0 Å². The maximum absolute atomic E-state index is 15.0. The van der Waals surface area contributed by atoms with Gasteiger partial charge in [0.05, 0.1) is 27.4 Å². The molecule has 2 aliphatic heterocycles. The zero-order chi connectivity index (χ0) is 36.2. The molecule has 1 saturated heterocycles. The van der Waals surface area contributed by atoms with E-state index in [2.05, 4.69) is 6.58 Å². The highest BCUT2D eigenvalue weighted by Gasteiger charge is 2.91. The number of carbonyl (C=O) groups excluding carboxylic acids is 4. The van der Waals surface area contributed by atoms with Crippen LogP contribution in [0, 0.1) is 5.41 Å². The smallest absolute Gasteiger partial charge is 0.432 e. The van der Waals surface area contributed by atoms with Gasteiger partial charge in [-0.05, 0) is 37.1 Å². The largest absolute Gasteiger partial charge is 0.493 e. The van der Waals surface area contributed by atoms with Gasteiger partial charge in [0.15, 0.2) is 17.6 Å².